The van der Waals surface area contributed by atoms with E-state index in [0.717, 1.165) is 0 Å². The number of nitrogens with one attached hydrogen (secondary N) is 1. The van der Waals surface area contributed by atoms with Crippen LogP contribution in [0.2, 0.25) is 5.15 Å². The third-order valence-electron chi connectivity index (χ3n) is 2.00. The molecule has 0 aromatic carbocycles. The third-order valence-corrected chi connectivity index (χ3v) is 2.20. The molecule has 0 bridgehead atoms. The zero-order chi connectivity index (χ0) is 12.0. The minimum absolute atomic E-state index is 0.0492. The summed E-state index contributed by atoms with van der Waals surface area (Å²) in [5.41, 5.74) is 0.662. The number of halogens is 1. The summed E-state index contributed by atoms with van der Waals surface area (Å²) in [4.78, 5) is 15.4. The average Bonchev–Trinajstić information content (AvgIpc) is 2.17. The SMILES string of the molecule is COCC(C)CC(=O)Nc1ccnc(Cl)c1. The van der Waals surface area contributed by atoms with Crippen molar-refractivity contribution in [2.24, 2.45) is 5.92 Å². The smallest absolute Gasteiger partial charge is 0.224 e. The first-order chi connectivity index (χ1) is 7.61. The molecule has 5 heteroatoms. The highest BCUT2D eigenvalue weighted by molar-refractivity contribution is 6.29. The molecule has 1 aromatic rings. The standard InChI is InChI=1S/C11H15ClN2O2/c1-8(7-16-2)5-11(15)14-9-3-4-13-10(12)6-9/h3-4,6,8H,5,7H2,1-2H3,(H,13,14,15). The van der Waals surface area contributed by atoms with Crippen molar-refractivity contribution in [3.63, 3.8) is 0 Å². The monoisotopic (exact) mass is 242 g/mol. The second-order valence-corrected chi connectivity index (χ2v) is 4.07. The van der Waals surface area contributed by atoms with E-state index in [9.17, 15) is 4.79 Å². The van der Waals surface area contributed by atoms with Gasteiger partial charge in [-0.1, -0.05) is 18.5 Å². The average molecular weight is 243 g/mol. The van der Waals surface area contributed by atoms with E-state index >= 15 is 0 Å². The molecule has 1 unspecified atom stereocenters. The molecule has 1 atom stereocenters. The van der Waals surface area contributed by atoms with Crippen molar-refractivity contribution in [1.82, 2.24) is 4.98 Å². The molecule has 0 radical (unpaired) electrons. The van der Waals surface area contributed by atoms with Gasteiger partial charge in [0.15, 0.2) is 0 Å². The molecule has 88 valence electrons. The van der Waals surface area contributed by atoms with E-state index < -0.39 is 0 Å². The molecule has 0 spiro atoms. The maximum atomic E-state index is 11.6. The molecule has 0 saturated carbocycles. The summed E-state index contributed by atoms with van der Waals surface area (Å²) < 4.78 is 4.96. The Hall–Kier alpha value is -1.13. The van der Waals surface area contributed by atoms with Crippen molar-refractivity contribution in [2.45, 2.75) is 13.3 Å². The molecule has 1 rings (SSSR count). The number of nitrogens with zero attached hydrogens (tertiary/aromatic N) is 1. The predicted molar refractivity (Wildman–Crippen MR) is 63.5 cm³/mol. The Morgan fingerprint density at radius 1 is 1.69 bits per heavy atom. The summed E-state index contributed by atoms with van der Waals surface area (Å²) in [6.45, 7) is 2.53. The van der Waals surface area contributed by atoms with Crippen molar-refractivity contribution in [3.8, 4) is 0 Å². The summed E-state index contributed by atoms with van der Waals surface area (Å²) in [6, 6.07) is 3.31. The van der Waals surface area contributed by atoms with Gasteiger partial charge in [0, 0.05) is 32.0 Å². The van der Waals surface area contributed by atoms with Gasteiger partial charge in [0.1, 0.15) is 5.15 Å². The molecule has 1 N–H and O–H groups in total. The van der Waals surface area contributed by atoms with Crippen molar-refractivity contribution in [3.05, 3.63) is 23.5 Å². The highest BCUT2D eigenvalue weighted by atomic mass is 35.5. The second kappa shape index (κ2) is 6.45. The fraction of sp³-hybridized carbons (Fsp3) is 0.455. The Morgan fingerprint density at radius 3 is 3.06 bits per heavy atom. The zero-order valence-electron chi connectivity index (χ0n) is 9.37. The number of hydrogen-bond acceptors (Lipinski definition) is 3. The van der Waals surface area contributed by atoms with Crippen LogP contribution in [0.15, 0.2) is 18.3 Å². The molecule has 0 aliphatic rings. The van der Waals surface area contributed by atoms with E-state index in [2.05, 4.69) is 10.3 Å². The van der Waals surface area contributed by atoms with Gasteiger partial charge in [-0.2, -0.15) is 0 Å². The molecule has 1 amide bonds. The van der Waals surface area contributed by atoms with Crippen LogP contribution in [0.5, 0.6) is 0 Å². The highest BCUT2D eigenvalue weighted by Gasteiger charge is 2.09. The zero-order valence-corrected chi connectivity index (χ0v) is 10.1. The van der Waals surface area contributed by atoms with Crippen LogP contribution in [-0.2, 0) is 9.53 Å². The van der Waals surface area contributed by atoms with Gasteiger partial charge in [-0.3, -0.25) is 4.79 Å². The number of pyridine rings is 1. The van der Waals surface area contributed by atoms with Crippen LogP contribution in [0, 0.1) is 5.92 Å². The van der Waals surface area contributed by atoms with Gasteiger partial charge in [0.25, 0.3) is 0 Å². The number of methoxy groups -OCH3 is 1. The topological polar surface area (TPSA) is 51.2 Å². The third kappa shape index (κ3) is 4.59. The molecule has 1 aromatic heterocycles. The molecule has 0 aliphatic heterocycles. The fourth-order valence-electron chi connectivity index (χ4n) is 1.35. The Bertz CT molecular complexity index is 358. The summed E-state index contributed by atoms with van der Waals surface area (Å²) in [7, 11) is 1.62. The maximum absolute atomic E-state index is 11.6. The number of rotatable bonds is 5. The van der Waals surface area contributed by atoms with Crippen LogP contribution < -0.4 is 5.32 Å². The van der Waals surface area contributed by atoms with Crippen molar-refractivity contribution in [1.29, 1.82) is 0 Å². The molecule has 16 heavy (non-hydrogen) atoms. The van der Waals surface area contributed by atoms with Gasteiger partial charge >= 0.3 is 0 Å². The Labute approximate surface area is 100.0 Å². The quantitative estimate of drug-likeness (QED) is 0.807. The lowest BCUT2D eigenvalue weighted by Crippen LogP contribution is -2.17. The molecular weight excluding hydrogens is 228 g/mol. The number of hydrogen-bond donors (Lipinski definition) is 1. The van der Waals surface area contributed by atoms with Gasteiger partial charge in [0.05, 0.1) is 0 Å². The first kappa shape index (κ1) is 12.9. The van der Waals surface area contributed by atoms with Gasteiger partial charge in [-0.25, -0.2) is 4.98 Å². The molecule has 1 heterocycles. The molecule has 4 nitrogen and oxygen atoms in total. The van der Waals surface area contributed by atoms with Crippen LogP contribution in [-0.4, -0.2) is 24.6 Å². The lowest BCUT2D eigenvalue weighted by Gasteiger charge is -2.10. The number of aromatic nitrogens is 1. The van der Waals surface area contributed by atoms with Crippen molar-refractivity contribution in [2.75, 3.05) is 19.0 Å². The molecular formula is C11H15ClN2O2. The Kier molecular flexibility index (Phi) is 5.22. The summed E-state index contributed by atoms with van der Waals surface area (Å²) in [5.74, 6) is 0.147. The number of carbonyl (C=O) groups is 1. The summed E-state index contributed by atoms with van der Waals surface area (Å²) in [6.07, 6.45) is 1.98. The van der Waals surface area contributed by atoms with Crippen molar-refractivity contribution < 1.29 is 9.53 Å². The van der Waals surface area contributed by atoms with Crippen LogP contribution in [0.1, 0.15) is 13.3 Å². The summed E-state index contributed by atoms with van der Waals surface area (Å²) >= 11 is 5.70. The lowest BCUT2D eigenvalue weighted by molar-refractivity contribution is -0.117. The van der Waals surface area contributed by atoms with Gasteiger partial charge in [0.2, 0.25) is 5.91 Å². The van der Waals surface area contributed by atoms with Gasteiger partial charge in [-0.15, -0.1) is 0 Å². The van der Waals surface area contributed by atoms with Crippen LogP contribution in [0.4, 0.5) is 5.69 Å². The predicted octanol–water partition coefficient (Wildman–Crippen LogP) is 2.35. The van der Waals surface area contributed by atoms with Crippen LogP contribution in [0.25, 0.3) is 0 Å². The van der Waals surface area contributed by atoms with E-state index in [-0.39, 0.29) is 11.8 Å². The van der Waals surface area contributed by atoms with Crippen LogP contribution >= 0.6 is 11.6 Å². The lowest BCUT2D eigenvalue weighted by atomic mass is 10.1. The van der Waals surface area contributed by atoms with E-state index in [0.29, 0.717) is 23.9 Å². The molecule has 0 saturated heterocycles. The Balaban J connectivity index is 2.45. The van der Waals surface area contributed by atoms with Crippen LogP contribution in [0.3, 0.4) is 0 Å². The fourth-order valence-corrected chi connectivity index (χ4v) is 1.53. The van der Waals surface area contributed by atoms with E-state index in [1.165, 1.54) is 0 Å². The molecule has 0 aliphatic carbocycles. The number of anilines is 1. The highest BCUT2D eigenvalue weighted by Crippen LogP contribution is 2.13. The minimum atomic E-state index is -0.0492. The number of carbonyl (C=O) groups excluding carboxylic acids is 1. The van der Waals surface area contributed by atoms with Gasteiger partial charge < -0.3 is 10.1 Å². The summed E-state index contributed by atoms with van der Waals surface area (Å²) in [5, 5.41) is 3.12. The minimum Gasteiger partial charge on any atom is -0.384 e. The molecule has 0 fully saturated rings. The van der Waals surface area contributed by atoms with E-state index in [1.807, 2.05) is 6.92 Å². The number of amides is 1. The first-order valence-corrected chi connectivity index (χ1v) is 5.40. The van der Waals surface area contributed by atoms with E-state index in [1.54, 1.807) is 25.4 Å². The normalized spacial score (nSPS) is 12.2. The maximum Gasteiger partial charge on any atom is 0.224 e. The number of ether oxygens (including phenoxy) is 1. The van der Waals surface area contributed by atoms with Gasteiger partial charge in [-0.05, 0) is 18.1 Å². The Morgan fingerprint density at radius 2 is 2.44 bits per heavy atom. The van der Waals surface area contributed by atoms with Crippen molar-refractivity contribution >= 4 is 23.2 Å². The largest absolute Gasteiger partial charge is 0.384 e. The second-order valence-electron chi connectivity index (χ2n) is 3.68. The first-order valence-electron chi connectivity index (χ1n) is 5.02. The van der Waals surface area contributed by atoms with E-state index in [4.69, 9.17) is 16.3 Å².